The predicted octanol–water partition coefficient (Wildman–Crippen LogP) is 3.91. The summed E-state index contributed by atoms with van der Waals surface area (Å²) in [7, 11) is 1.83. The number of carbonyl (C=O) groups excluding carboxylic acids is 1. The average Bonchev–Trinajstić information content (AvgIpc) is 3.56. The third-order valence-corrected chi connectivity index (χ3v) is 7.05. The zero-order valence-electron chi connectivity index (χ0n) is 20.5. The summed E-state index contributed by atoms with van der Waals surface area (Å²) in [6.07, 6.45) is -0.483. The molecule has 39 heavy (non-hydrogen) atoms. The molecular weight excluding hydrogens is 533 g/mol. The monoisotopic (exact) mass is 554 g/mol. The number of nitrogens with zero attached hydrogens (tertiary/aromatic N) is 8. The molecule has 200 valence electrons. The Morgan fingerprint density at radius 3 is 2.82 bits per heavy atom. The van der Waals surface area contributed by atoms with Crippen molar-refractivity contribution in [2.45, 2.75) is 25.6 Å². The minimum Gasteiger partial charge on any atom is -0.365 e. The van der Waals surface area contributed by atoms with Crippen molar-refractivity contribution in [3.8, 4) is 0 Å². The van der Waals surface area contributed by atoms with Gasteiger partial charge in [0.15, 0.2) is 5.69 Å². The van der Waals surface area contributed by atoms with Crippen LogP contribution in [0.2, 0.25) is 0 Å². The first-order valence-corrected chi connectivity index (χ1v) is 12.6. The zero-order valence-corrected chi connectivity index (χ0v) is 21.3. The summed E-state index contributed by atoms with van der Waals surface area (Å²) in [5.41, 5.74) is 1.41. The fraction of sp³-hybridized carbons (Fsp3) is 0.292. The Labute approximate surface area is 224 Å². The van der Waals surface area contributed by atoms with Gasteiger partial charge >= 0.3 is 6.18 Å². The fourth-order valence-electron chi connectivity index (χ4n) is 4.22. The van der Waals surface area contributed by atoms with Gasteiger partial charge < -0.3 is 15.5 Å². The minimum absolute atomic E-state index is 0.194. The van der Waals surface area contributed by atoms with Gasteiger partial charge in [-0.25, -0.2) is 14.8 Å². The van der Waals surface area contributed by atoms with Crippen molar-refractivity contribution >= 4 is 39.6 Å². The molecule has 0 unspecified atom stereocenters. The summed E-state index contributed by atoms with van der Waals surface area (Å²) < 4.78 is 42.1. The molecule has 0 spiro atoms. The van der Waals surface area contributed by atoms with Gasteiger partial charge in [-0.15, -0.1) is 10.2 Å². The molecule has 3 aromatic heterocycles. The molecule has 4 aromatic rings. The molecule has 5 rings (SSSR count). The van der Waals surface area contributed by atoms with Crippen molar-refractivity contribution in [1.29, 1.82) is 0 Å². The molecule has 0 atom stereocenters. The standard InChI is InChI=1S/C24H21F3N10OS/c1-28-18-4-3-15(11-17(18)24(25,26)27)37-10-7-16-19(12-37)30-13-31-20(16)33-23-35-34-22(39-23)21(38)29-8-5-14-6-9-32-36(14)2/h3-4,6,9,11,13H,5,7-8,10,12H2,2H3,(H,29,38)(H,30,31,33,35). The predicted molar refractivity (Wildman–Crippen MR) is 137 cm³/mol. The quantitative estimate of drug-likeness (QED) is 0.330. The first-order chi connectivity index (χ1) is 18.7. The molecule has 4 heterocycles. The van der Waals surface area contributed by atoms with Gasteiger partial charge in [-0.05, 0) is 24.6 Å². The molecule has 0 radical (unpaired) electrons. The number of amides is 1. The van der Waals surface area contributed by atoms with Crippen LogP contribution >= 0.6 is 11.3 Å². The van der Waals surface area contributed by atoms with Crippen LogP contribution in [-0.2, 0) is 32.6 Å². The summed E-state index contributed by atoms with van der Waals surface area (Å²) >= 11 is 1.08. The number of rotatable bonds is 7. The van der Waals surface area contributed by atoms with Crippen molar-refractivity contribution in [3.05, 3.63) is 75.7 Å². The topological polar surface area (TPSA) is 118 Å². The van der Waals surface area contributed by atoms with Gasteiger partial charge in [0.1, 0.15) is 12.1 Å². The van der Waals surface area contributed by atoms with Gasteiger partial charge in [0.05, 0.1) is 24.4 Å². The largest absolute Gasteiger partial charge is 0.407 e. The maximum absolute atomic E-state index is 13.4. The van der Waals surface area contributed by atoms with Gasteiger partial charge in [0, 0.05) is 49.7 Å². The summed E-state index contributed by atoms with van der Waals surface area (Å²) in [4.78, 5) is 25.9. The lowest BCUT2D eigenvalue weighted by molar-refractivity contribution is -0.136. The van der Waals surface area contributed by atoms with E-state index in [9.17, 15) is 18.0 Å². The lowest BCUT2D eigenvalue weighted by Gasteiger charge is -2.31. The lowest BCUT2D eigenvalue weighted by atomic mass is 10.0. The first-order valence-electron chi connectivity index (χ1n) is 11.7. The van der Waals surface area contributed by atoms with Crippen molar-refractivity contribution in [2.24, 2.45) is 7.05 Å². The Morgan fingerprint density at radius 1 is 1.23 bits per heavy atom. The van der Waals surface area contributed by atoms with Crippen LogP contribution in [-0.4, -0.2) is 48.9 Å². The zero-order chi connectivity index (χ0) is 27.6. The highest BCUT2D eigenvalue weighted by Gasteiger charge is 2.34. The van der Waals surface area contributed by atoms with Crippen LogP contribution in [0.1, 0.15) is 32.3 Å². The van der Waals surface area contributed by atoms with E-state index in [1.807, 2.05) is 13.1 Å². The van der Waals surface area contributed by atoms with Crippen molar-refractivity contribution < 1.29 is 18.0 Å². The molecule has 1 aromatic carbocycles. The highest BCUT2D eigenvalue weighted by Crippen LogP contribution is 2.39. The molecule has 1 aliphatic rings. The number of aryl methyl sites for hydroxylation is 1. The Hall–Kier alpha value is -4.58. The summed E-state index contributed by atoms with van der Waals surface area (Å²) in [6, 6.07) is 5.59. The summed E-state index contributed by atoms with van der Waals surface area (Å²) in [6.45, 7) is 8.14. The molecule has 0 bridgehead atoms. The maximum atomic E-state index is 13.4. The molecule has 11 nitrogen and oxygen atoms in total. The van der Waals surface area contributed by atoms with E-state index in [0.717, 1.165) is 28.7 Å². The van der Waals surface area contributed by atoms with Crippen molar-refractivity contribution in [2.75, 3.05) is 23.3 Å². The smallest absolute Gasteiger partial charge is 0.365 e. The Kier molecular flexibility index (Phi) is 7.11. The maximum Gasteiger partial charge on any atom is 0.407 e. The third kappa shape index (κ3) is 5.65. The van der Waals surface area contributed by atoms with Crippen LogP contribution in [0.3, 0.4) is 0 Å². The summed E-state index contributed by atoms with van der Waals surface area (Å²) in [5, 5.41) is 18.6. The van der Waals surface area contributed by atoms with Gasteiger partial charge in [-0.3, -0.25) is 9.48 Å². The van der Waals surface area contributed by atoms with Crippen LogP contribution in [0, 0.1) is 6.57 Å². The number of fused-ring (bicyclic) bond motifs is 1. The van der Waals surface area contributed by atoms with Crippen LogP contribution < -0.4 is 15.5 Å². The third-order valence-electron chi connectivity index (χ3n) is 6.21. The van der Waals surface area contributed by atoms with Crippen molar-refractivity contribution in [3.63, 3.8) is 0 Å². The Bertz CT molecular complexity index is 1560. The average molecular weight is 555 g/mol. The highest BCUT2D eigenvalue weighted by atomic mass is 32.1. The first kappa shape index (κ1) is 26.0. The van der Waals surface area contributed by atoms with Gasteiger partial charge in [-0.2, -0.15) is 18.3 Å². The van der Waals surface area contributed by atoms with Crippen LogP contribution in [0.4, 0.5) is 35.5 Å². The second kappa shape index (κ2) is 10.7. The molecular formula is C24H21F3N10OS. The number of halogens is 3. The van der Waals surface area contributed by atoms with Crippen LogP contribution in [0.5, 0.6) is 0 Å². The second-order valence-corrected chi connectivity index (χ2v) is 9.60. The molecule has 1 aliphatic heterocycles. The molecule has 1 amide bonds. The number of carbonyl (C=O) groups is 1. The van der Waals surface area contributed by atoms with Gasteiger partial charge in [-0.1, -0.05) is 17.4 Å². The van der Waals surface area contributed by atoms with E-state index in [1.165, 1.54) is 18.5 Å². The highest BCUT2D eigenvalue weighted by molar-refractivity contribution is 7.17. The van der Waals surface area contributed by atoms with Crippen LogP contribution in [0.25, 0.3) is 4.85 Å². The van der Waals surface area contributed by atoms with E-state index in [0.29, 0.717) is 48.3 Å². The molecule has 0 aliphatic carbocycles. The SMILES string of the molecule is [C-]#[N+]c1ccc(N2CCc3c(ncnc3Nc3nnc(C(=O)NCCc4ccnn4C)s3)C2)cc1C(F)(F)F. The Morgan fingerprint density at radius 2 is 2.08 bits per heavy atom. The number of alkyl halides is 3. The van der Waals surface area contributed by atoms with Crippen molar-refractivity contribution in [1.82, 2.24) is 35.3 Å². The molecule has 15 heteroatoms. The lowest BCUT2D eigenvalue weighted by Crippen LogP contribution is -2.32. The van der Waals surface area contributed by atoms with E-state index >= 15 is 0 Å². The van der Waals surface area contributed by atoms with Gasteiger partial charge in [0.25, 0.3) is 5.91 Å². The second-order valence-electron chi connectivity index (χ2n) is 8.62. The van der Waals surface area contributed by atoms with E-state index in [-0.39, 0.29) is 17.5 Å². The number of hydrogen-bond donors (Lipinski definition) is 2. The number of nitrogens with one attached hydrogen (secondary N) is 2. The molecule has 0 saturated heterocycles. The van der Waals surface area contributed by atoms with E-state index in [2.05, 4.69) is 40.7 Å². The number of anilines is 3. The molecule has 0 saturated carbocycles. The number of hydrogen-bond acceptors (Lipinski definition) is 9. The number of benzene rings is 1. The number of aromatic nitrogens is 6. The molecule has 0 fully saturated rings. The van der Waals surface area contributed by atoms with E-state index < -0.39 is 17.4 Å². The minimum atomic E-state index is -4.63. The van der Waals surface area contributed by atoms with Crippen LogP contribution in [0.15, 0.2) is 36.8 Å². The normalized spacial score (nSPS) is 13.1. The summed E-state index contributed by atoms with van der Waals surface area (Å²) in [5.74, 6) is 0.156. The van der Waals surface area contributed by atoms with E-state index in [4.69, 9.17) is 6.57 Å². The molecule has 2 N–H and O–H groups in total. The van der Waals surface area contributed by atoms with Gasteiger partial charge in [0.2, 0.25) is 10.1 Å². The van der Waals surface area contributed by atoms with E-state index in [1.54, 1.807) is 15.8 Å². The Balaban J connectivity index is 1.25. The fourth-order valence-corrected chi connectivity index (χ4v) is 4.88.